The minimum Gasteiger partial charge on any atom is -0.453 e. The molecule has 0 N–H and O–H groups in total. The van der Waals surface area contributed by atoms with Crippen LogP contribution < -0.4 is 9.47 Å². The maximum Gasteiger partial charge on any atom is 0.429 e. The summed E-state index contributed by atoms with van der Waals surface area (Å²) in [4.78, 5) is 0. The molecule has 1 fully saturated rings. The quantitative estimate of drug-likeness (QED) is 0.188. The van der Waals surface area contributed by atoms with E-state index in [9.17, 15) is 30.7 Å². The van der Waals surface area contributed by atoms with Gasteiger partial charge in [-0.05, 0) is 18.6 Å². The molecule has 1 saturated heterocycles. The minimum absolute atomic E-state index is 0.181. The predicted molar refractivity (Wildman–Crippen MR) is 110 cm³/mol. The van der Waals surface area contributed by atoms with Crippen molar-refractivity contribution in [1.82, 2.24) is 0 Å². The lowest BCUT2D eigenvalue weighted by Crippen LogP contribution is -2.28. The molecule has 0 radical (unpaired) electrons. The summed E-state index contributed by atoms with van der Waals surface area (Å²) >= 11 is 0. The van der Waals surface area contributed by atoms with Crippen LogP contribution in [0.4, 0.5) is 30.7 Å². The Bertz CT molecular complexity index is 1010. The Morgan fingerprint density at radius 3 is 2.23 bits per heavy atom. The maximum absolute atomic E-state index is 14.6. The van der Waals surface area contributed by atoms with Crippen LogP contribution in [0.15, 0.2) is 42.7 Å². The molecule has 4 nitrogen and oxygen atoms in total. The molecule has 0 atom stereocenters. The van der Waals surface area contributed by atoms with Crippen molar-refractivity contribution in [1.29, 1.82) is 0 Å². The first-order valence-electron chi connectivity index (χ1n) is 10.9. The van der Waals surface area contributed by atoms with Crippen LogP contribution in [0.3, 0.4) is 0 Å². The first-order chi connectivity index (χ1) is 16.6. The zero-order chi connectivity index (χ0) is 25.6. The lowest BCUT2D eigenvalue weighted by Gasteiger charge is -2.30. The molecule has 0 spiro atoms. The predicted octanol–water partition coefficient (Wildman–Crippen LogP) is 7.59. The van der Waals surface area contributed by atoms with Crippen LogP contribution in [-0.2, 0) is 15.6 Å². The van der Waals surface area contributed by atoms with E-state index in [1.165, 1.54) is 6.07 Å². The van der Waals surface area contributed by atoms with Gasteiger partial charge in [0.15, 0.2) is 29.9 Å². The normalized spacial score (nSPS) is 18.3. The molecule has 0 amide bonds. The fraction of sp³-hybridized carbons (Fsp3) is 0.417. The van der Waals surface area contributed by atoms with Gasteiger partial charge in [0.2, 0.25) is 0 Å². The third-order valence-electron chi connectivity index (χ3n) is 5.25. The highest BCUT2D eigenvalue weighted by Crippen LogP contribution is 2.37. The van der Waals surface area contributed by atoms with Crippen molar-refractivity contribution >= 4 is 0 Å². The summed E-state index contributed by atoms with van der Waals surface area (Å²) in [5.41, 5.74) is -1.01. The summed E-state index contributed by atoms with van der Waals surface area (Å²) in [6.07, 6.45) is -3.70. The summed E-state index contributed by atoms with van der Waals surface area (Å²) in [7, 11) is 0. The molecule has 11 heteroatoms. The van der Waals surface area contributed by atoms with Gasteiger partial charge in [-0.1, -0.05) is 32.3 Å². The Hall–Kier alpha value is -2.79. The lowest BCUT2D eigenvalue weighted by atomic mass is 10.0. The number of benzene rings is 2. The fourth-order valence-corrected chi connectivity index (χ4v) is 3.51. The van der Waals surface area contributed by atoms with E-state index in [0.29, 0.717) is 25.3 Å². The molecular weight excluding hydrogens is 485 g/mol. The van der Waals surface area contributed by atoms with E-state index in [4.69, 9.17) is 9.47 Å². The Balaban J connectivity index is 1.68. The van der Waals surface area contributed by atoms with Gasteiger partial charge in [0, 0.05) is 23.6 Å². The van der Waals surface area contributed by atoms with Gasteiger partial charge in [-0.2, -0.15) is 17.6 Å². The summed E-state index contributed by atoms with van der Waals surface area (Å²) in [6.45, 7) is 2.87. The summed E-state index contributed by atoms with van der Waals surface area (Å²) in [5, 5.41) is 0. The third-order valence-corrected chi connectivity index (χ3v) is 5.25. The third kappa shape index (κ3) is 7.11. The number of halogens is 7. The van der Waals surface area contributed by atoms with Crippen molar-refractivity contribution in [3.8, 4) is 11.5 Å². The van der Waals surface area contributed by atoms with Crippen LogP contribution in [-0.4, -0.2) is 13.2 Å². The van der Waals surface area contributed by atoms with E-state index in [-0.39, 0.29) is 17.7 Å². The van der Waals surface area contributed by atoms with Crippen LogP contribution in [0.2, 0.25) is 0 Å². The molecule has 1 heterocycles. The van der Waals surface area contributed by atoms with Gasteiger partial charge in [-0.25, -0.2) is 13.2 Å². The zero-order valence-electron chi connectivity index (χ0n) is 18.6. The van der Waals surface area contributed by atoms with Gasteiger partial charge in [-0.3, -0.25) is 0 Å². The molecule has 192 valence electrons. The Kier molecular flexibility index (Phi) is 9.01. The van der Waals surface area contributed by atoms with Crippen LogP contribution in [0.1, 0.15) is 50.0 Å². The van der Waals surface area contributed by atoms with Gasteiger partial charge >= 0.3 is 12.2 Å². The van der Waals surface area contributed by atoms with Crippen LogP contribution >= 0.6 is 0 Å². The van der Waals surface area contributed by atoms with E-state index < -0.39 is 53.0 Å². The molecular formula is C24H23F7O4. The molecule has 35 heavy (non-hydrogen) atoms. The number of ether oxygens (including phenoxy) is 4. The van der Waals surface area contributed by atoms with E-state index in [0.717, 1.165) is 37.8 Å². The molecule has 0 aromatic heterocycles. The SMILES string of the molecule is CCCCCC1COC(c2ccc(C(F)(F)Oc3cc(F)c(OC=C(F)F)c(F)c3)c(F)c2)OC1. The smallest absolute Gasteiger partial charge is 0.429 e. The minimum atomic E-state index is -4.33. The van der Waals surface area contributed by atoms with Gasteiger partial charge in [0.1, 0.15) is 11.6 Å². The van der Waals surface area contributed by atoms with Crippen molar-refractivity contribution < 1.29 is 49.7 Å². The maximum atomic E-state index is 14.6. The number of hydrogen-bond acceptors (Lipinski definition) is 4. The van der Waals surface area contributed by atoms with Crippen molar-refractivity contribution in [3.63, 3.8) is 0 Å². The number of hydrogen-bond donors (Lipinski definition) is 0. The van der Waals surface area contributed by atoms with E-state index in [1.807, 2.05) is 0 Å². The molecule has 2 aromatic rings. The van der Waals surface area contributed by atoms with Gasteiger partial charge < -0.3 is 18.9 Å². The number of rotatable bonds is 10. The zero-order valence-corrected chi connectivity index (χ0v) is 18.6. The largest absolute Gasteiger partial charge is 0.453 e. The highest BCUT2D eigenvalue weighted by Gasteiger charge is 2.39. The fourth-order valence-electron chi connectivity index (χ4n) is 3.51. The van der Waals surface area contributed by atoms with Crippen molar-refractivity contribution in [2.75, 3.05) is 13.2 Å². The average Bonchev–Trinajstić information content (AvgIpc) is 2.78. The highest BCUT2D eigenvalue weighted by atomic mass is 19.3. The van der Waals surface area contributed by atoms with E-state index in [2.05, 4.69) is 16.4 Å². The van der Waals surface area contributed by atoms with Crippen LogP contribution in [0.5, 0.6) is 11.5 Å². The molecule has 0 aliphatic carbocycles. The average molecular weight is 508 g/mol. The summed E-state index contributed by atoms with van der Waals surface area (Å²) in [6, 6.07) is 3.33. The number of alkyl halides is 2. The molecule has 2 aromatic carbocycles. The Morgan fingerprint density at radius 2 is 1.66 bits per heavy atom. The van der Waals surface area contributed by atoms with Gasteiger partial charge in [0.05, 0.1) is 18.8 Å². The monoisotopic (exact) mass is 508 g/mol. The van der Waals surface area contributed by atoms with Crippen LogP contribution in [0.25, 0.3) is 0 Å². The highest BCUT2D eigenvalue weighted by molar-refractivity contribution is 5.36. The molecule has 0 bridgehead atoms. The van der Waals surface area contributed by atoms with Crippen molar-refractivity contribution in [2.24, 2.45) is 5.92 Å². The van der Waals surface area contributed by atoms with Crippen LogP contribution in [0, 0.1) is 23.4 Å². The Labute approximate surface area is 197 Å². The lowest BCUT2D eigenvalue weighted by molar-refractivity contribution is -0.206. The van der Waals surface area contributed by atoms with Crippen molar-refractivity contribution in [2.45, 2.75) is 45.0 Å². The first-order valence-corrected chi connectivity index (χ1v) is 10.9. The topological polar surface area (TPSA) is 36.9 Å². The Morgan fingerprint density at radius 1 is 1.00 bits per heavy atom. The summed E-state index contributed by atoms with van der Waals surface area (Å²) in [5.74, 6) is -6.58. The molecule has 3 rings (SSSR count). The number of unbranched alkanes of at least 4 members (excludes halogenated alkanes) is 2. The van der Waals surface area contributed by atoms with Crippen molar-refractivity contribution in [3.05, 3.63) is 71.3 Å². The first kappa shape index (κ1) is 26.8. The second kappa shape index (κ2) is 11.8. The van der Waals surface area contributed by atoms with Gasteiger partial charge in [0.25, 0.3) is 0 Å². The molecule has 0 unspecified atom stereocenters. The second-order valence-corrected chi connectivity index (χ2v) is 7.96. The second-order valence-electron chi connectivity index (χ2n) is 7.96. The van der Waals surface area contributed by atoms with Gasteiger partial charge in [-0.15, -0.1) is 0 Å². The van der Waals surface area contributed by atoms with E-state index in [1.54, 1.807) is 0 Å². The standard InChI is InChI=1S/C24H23F7O4/c1-2-3-4-5-14-11-33-23(34-12-14)15-6-7-17(18(25)8-15)24(30,31)35-16-9-19(26)22(20(27)10-16)32-13-21(28)29/h6-10,13-14,23H,2-5,11-12H2,1H3. The van der Waals surface area contributed by atoms with E-state index >= 15 is 0 Å². The molecule has 0 saturated carbocycles. The summed E-state index contributed by atoms with van der Waals surface area (Å²) < 4.78 is 115. The molecule has 1 aliphatic heterocycles. The molecule has 1 aliphatic rings.